The summed E-state index contributed by atoms with van der Waals surface area (Å²) in [7, 11) is -4.49. The molecule has 0 radical (unpaired) electrons. The Kier molecular flexibility index (Phi) is 6.28. The van der Waals surface area contributed by atoms with E-state index in [0.717, 1.165) is 5.57 Å². The van der Waals surface area contributed by atoms with Crippen molar-refractivity contribution in [1.29, 1.82) is 0 Å². The molecule has 0 heterocycles. The average molecular weight is 250 g/mol. The van der Waals surface area contributed by atoms with Gasteiger partial charge in [-0.05, 0) is 24.6 Å². The normalized spacial score (nSPS) is 10.4. The number of rotatable bonds is 4. The minimum absolute atomic E-state index is 0. The van der Waals surface area contributed by atoms with Crippen LogP contribution in [0.4, 0.5) is 0 Å². The molecular weight excluding hydrogens is 239 g/mol. The molecular formula is C10H11NaO4S. The van der Waals surface area contributed by atoms with Crippen LogP contribution in [0, 0.1) is 0 Å². The molecule has 1 rings (SSSR count). The molecule has 0 aliphatic rings. The van der Waals surface area contributed by atoms with Gasteiger partial charge in [0.1, 0.15) is 22.5 Å². The van der Waals surface area contributed by atoms with E-state index >= 15 is 0 Å². The van der Waals surface area contributed by atoms with Gasteiger partial charge >= 0.3 is 29.6 Å². The zero-order valence-electron chi connectivity index (χ0n) is 9.26. The predicted octanol–water partition coefficient (Wildman–Crippen LogP) is -1.45. The Morgan fingerprint density at radius 3 is 2.50 bits per heavy atom. The molecule has 0 bridgehead atoms. The molecule has 0 saturated carbocycles. The number of benzene rings is 1. The van der Waals surface area contributed by atoms with Crippen molar-refractivity contribution in [2.75, 3.05) is 6.61 Å². The SMILES string of the molecule is C=C(C)COc1ccccc1S(=O)(=O)[O-].[Na+]. The van der Waals surface area contributed by atoms with E-state index in [0.29, 0.717) is 0 Å². The minimum Gasteiger partial charge on any atom is -0.744 e. The van der Waals surface area contributed by atoms with Crippen molar-refractivity contribution in [3.8, 4) is 5.75 Å². The van der Waals surface area contributed by atoms with Crippen LogP contribution < -0.4 is 34.3 Å². The van der Waals surface area contributed by atoms with Crippen molar-refractivity contribution in [1.82, 2.24) is 0 Å². The first-order chi connectivity index (χ1) is 6.91. The van der Waals surface area contributed by atoms with Crippen LogP contribution in [0.15, 0.2) is 41.3 Å². The quantitative estimate of drug-likeness (QED) is 0.372. The Morgan fingerprint density at radius 2 is 2.00 bits per heavy atom. The van der Waals surface area contributed by atoms with Crippen LogP contribution in [0.1, 0.15) is 6.92 Å². The van der Waals surface area contributed by atoms with Crippen molar-refractivity contribution >= 4 is 10.1 Å². The average Bonchev–Trinajstić information content (AvgIpc) is 2.13. The van der Waals surface area contributed by atoms with E-state index in [1.54, 1.807) is 13.0 Å². The Hall–Kier alpha value is -0.330. The molecule has 0 aliphatic heterocycles. The molecule has 0 N–H and O–H groups in total. The number of ether oxygens (including phenoxy) is 1. The van der Waals surface area contributed by atoms with Gasteiger partial charge in [0.05, 0.1) is 4.90 Å². The second kappa shape index (κ2) is 6.42. The molecule has 0 aliphatic carbocycles. The zero-order valence-corrected chi connectivity index (χ0v) is 12.1. The van der Waals surface area contributed by atoms with E-state index in [1.807, 2.05) is 0 Å². The van der Waals surface area contributed by atoms with Gasteiger partial charge < -0.3 is 9.29 Å². The maximum Gasteiger partial charge on any atom is 1.00 e. The summed E-state index contributed by atoms with van der Waals surface area (Å²) in [4.78, 5) is -0.341. The summed E-state index contributed by atoms with van der Waals surface area (Å²) in [5.41, 5.74) is 0.744. The second-order valence-electron chi connectivity index (χ2n) is 3.15. The van der Waals surface area contributed by atoms with E-state index in [1.165, 1.54) is 18.2 Å². The number of para-hydroxylation sites is 1. The molecule has 0 atom stereocenters. The van der Waals surface area contributed by atoms with E-state index in [2.05, 4.69) is 6.58 Å². The van der Waals surface area contributed by atoms with Gasteiger partial charge in [0, 0.05) is 0 Å². The summed E-state index contributed by atoms with van der Waals surface area (Å²) < 4.78 is 37.7. The van der Waals surface area contributed by atoms with Crippen molar-refractivity contribution in [2.24, 2.45) is 0 Å². The van der Waals surface area contributed by atoms with E-state index in [9.17, 15) is 13.0 Å². The predicted molar refractivity (Wildman–Crippen MR) is 54.7 cm³/mol. The topological polar surface area (TPSA) is 66.4 Å². The first kappa shape index (κ1) is 15.7. The third-order valence-corrected chi connectivity index (χ3v) is 2.47. The maximum absolute atomic E-state index is 10.8. The summed E-state index contributed by atoms with van der Waals surface area (Å²) in [6, 6.07) is 5.73. The molecule has 1 aromatic carbocycles. The van der Waals surface area contributed by atoms with Crippen LogP contribution in [0.2, 0.25) is 0 Å². The van der Waals surface area contributed by atoms with E-state index < -0.39 is 10.1 Å². The van der Waals surface area contributed by atoms with Crippen molar-refractivity contribution in [3.63, 3.8) is 0 Å². The summed E-state index contributed by atoms with van der Waals surface area (Å²) in [5, 5.41) is 0. The Balaban J connectivity index is 0.00000225. The number of hydrogen-bond donors (Lipinski definition) is 0. The monoisotopic (exact) mass is 250 g/mol. The van der Waals surface area contributed by atoms with Gasteiger partial charge in [0.2, 0.25) is 0 Å². The fourth-order valence-electron chi connectivity index (χ4n) is 0.977. The third-order valence-electron chi connectivity index (χ3n) is 1.59. The van der Waals surface area contributed by atoms with Gasteiger partial charge in [-0.25, -0.2) is 8.42 Å². The summed E-state index contributed by atoms with van der Waals surface area (Å²) in [5.74, 6) is 0.0653. The molecule has 0 fully saturated rings. The first-order valence-corrected chi connectivity index (χ1v) is 5.64. The van der Waals surface area contributed by atoms with Gasteiger partial charge in [-0.15, -0.1) is 0 Å². The maximum atomic E-state index is 10.8. The molecule has 16 heavy (non-hydrogen) atoms. The fourth-order valence-corrected chi connectivity index (χ4v) is 1.60. The summed E-state index contributed by atoms with van der Waals surface area (Å²) in [6.45, 7) is 5.54. The van der Waals surface area contributed by atoms with Crippen LogP contribution >= 0.6 is 0 Å². The standard InChI is InChI=1S/C10H12O4S.Na/c1-8(2)7-14-9-5-3-4-6-10(9)15(11,12)13;/h3-6H,1,7H2,2H3,(H,11,12,13);/q;+1/p-1. The fraction of sp³-hybridized carbons (Fsp3) is 0.200. The Bertz CT molecular complexity index is 467. The van der Waals surface area contributed by atoms with Gasteiger partial charge in [-0.1, -0.05) is 18.7 Å². The second-order valence-corrected chi connectivity index (χ2v) is 4.49. The van der Waals surface area contributed by atoms with Crippen molar-refractivity contribution < 1.29 is 47.3 Å². The van der Waals surface area contributed by atoms with Crippen LogP contribution in [-0.4, -0.2) is 19.6 Å². The van der Waals surface area contributed by atoms with Crippen molar-refractivity contribution in [3.05, 3.63) is 36.4 Å². The molecule has 0 aromatic heterocycles. The van der Waals surface area contributed by atoms with Crippen LogP contribution in [-0.2, 0) is 10.1 Å². The molecule has 1 aromatic rings. The van der Waals surface area contributed by atoms with Gasteiger partial charge in [0.25, 0.3) is 0 Å². The van der Waals surface area contributed by atoms with Crippen LogP contribution in [0.5, 0.6) is 5.75 Å². The van der Waals surface area contributed by atoms with Crippen LogP contribution in [0.25, 0.3) is 0 Å². The zero-order chi connectivity index (χ0) is 11.5. The van der Waals surface area contributed by atoms with Gasteiger partial charge in [-0.3, -0.25) is 0 Å². The van der Waals surface area contributed by atoms with Crippen molar-refractivity contribution in [2.45, 2.75) is 11.8 Å². The molecule has 4 nitrogen and oxygen atoms in total. The van der Waals surface area contributed by atoms with Gasteiger partial charge in [0.15, 0.2) is 0 Å². The molecule has 0 saturated heterocycles. The van der Waals surface area contributed by atoms with E-state index in [-0.39, 0.29) is 46.8 Å². The first-order valence-electron chi connectivity index (χ1n) is 4.23. The molecule has 0 amide bonds. The largest absolute Gasteiger partial charge is 1.00 e. The van der Waals surface area contributed by atoms with Gasteiger partial charge in [-0.2, -0.15) is 0 Å². The third kappa shape index (κ3) is 4.67. The molecule has 0 unspecified atom stereocenters. The van der Waals surface area contributed by atoms with E-state index in [4.69, 9.17) is 4.74 Å². The minimum atomic E-state index is -4.49. The Labute approximate surface area is 117 Å². The molecule has 0 spiro atoms. The Morgan fingerprint density at radius 1 is 1.44 bits per heavy atom. The van der Waals surface area contributed by atoms with Crippen LogP contribution in [0.3, 0.4) is 0 Å². The molecule has 82 valence electrons. The summed E-state index contributed by atoms with van der Waals surface area (Å²) in [6.07, 6.45) is 0. The summed E-state index contributed by atoms with van der Waals surface area (Å²) >= 11 is 0. The number of hydrogen-bond acceptors (Lipinski definition) is 4. The molecule has 6 heteroatoms. The smallest absolute Gasteiger partial charge is 0.744 e.